The van der Waals surface area contributed by atoms with Crippen LogP contribution in [0.3, 0.4) is 0 Å². The zero-order valence-electron chi connectivity index (χ0n) is 9.93. The predicted octanol–water partition coefficient (Wildman–Crippen LogP) is 5.65. The average molecular weight is 454 g/mol. The second kappa shape index (κ2) is 6.18. The van der Waals surface area contributed by atoms with Crippen molar-refractivity contribution in [3.8, 4) is 0 Å². The maximum Gasteiger partial charge on any atom is 0.0731 e. The van der Waals surface area contributed by atoms with E-state index in [-0.39, 0.29) is 6.04 Å². The predicted molar refractivity (Wildman–Crippen MR) is 89.5 cm³/mol. The molecule has 0 bridgehead atoms. The molecule has 0 spiro atoms. The van der Waals surface area contributed by atoms with Crippen molar-refractivity contribution in [1.29, 1.82) is 0 Å². The van der Waals surface area contributed by atoms with Crippen LogP contribution in [0, 0.1) is 6.92 Å². The van der Waals surface area contributed by atoms with Gasteiger partial charge in [-0.1, -0.05) is 31.9 Å². The Bertz CT molecular complexity index is 526. The number of hydrogen-bond donors (Lipinski definition) is 1. The summed E-state index contributed by atoms with van der Waals surface area (Å²) in [5.74, 6) is 0. The minimum absolute atomic E-state index is 0.216. The lowest BCUT2D eigenvalue weighted by Gasteiger charge is -2.16. The lowest BCUT2D eigenvalue weighted by Crippen LogP contribution is -2.16. The van der Waals surface area contributed by atoms with E-state index < -0.39 is 0 Å². The van der Waals surface area contributed by atoms with Gasteiger partial charge in [0.1, 0.15) is 0 Å². The maximum atomic E-state index is 3.59. The van der Waals surface area contributed by atoms with Crippen LogP contribution in [-0.2, 0) is 0 Å². The van der Waals surface area contributed by atoms with Crippen molar-refractivity contribution >= 4 is 59.1 Å². The highest BCUT2D eigenvalue weighted by Crippen LogP contribution is 2.35. The van der Waals surface area contributed by atoms with E-state index >= 15 is 0 Å². The van der Waals surface area contributed by atoms with Crippen LogP contribution in [0.25, 0.3) is 0 Å². The topological polar surface area (TPSA) is 12.0 Å². The molecule has 0 saturated carbocycles. The first-order chi connectivity index (χ1) is 8.51. The van der Waals surface area contributed by atoms with Crippen molar-refractivity contribution in [2.24, 2.45) is 0 Å². The number of benzene rings is 1. The summed E-state index contributed by atoms with van der Waals surface area (Å²) in [6.45, 7) is 2.12. The molecule has 96 valence electrons. The molecule has 1 N–H and O–H groups in total. The largest absolute Gasteiger partial charge is 0.309 e. The summed E-state index contributed by atoms with van der Waals surface area (Å²) in [5.41, 5.74) is 2.52. The molecule has 5 heteroatoms. The molecular weight excluding hydrogens is 442 g/mol. The Morgan fingerprint density at radius 1 is 1.06 bits per heavy atom. The van der Waals surface area contributed by atoms with Crippen molar-refractivity contribution in [3.05, 3.63) is 53.0 Å². The number of hydrogen-bond acceptors (Lipinski definition) is 2. The van der Waals surface area contributed by atoms with Gasteiger partial charge in [-0.25, -0.2) is 0 Å². The smallest absolute Gasteiger partial charge is 0.0731 e. The fraction of sp³-hybridized carbons (Fsp3) is 0.231. The van der Waals surface area contributed by atoms with Gasteiger partial charge in [0.25, 0.3) is 0 Å². The number of thiophene rings is 1. The van der Waals surface area contributed by atoms with Gasteiger partial charge in [0.05, 0.1) is 9.83 Å². The Kier molecular flexibility index (Phi) is 5.06. The molecule has 1 unspecified atom stereocenters. The Morgan fingerprint density at radius 3 is 2.11 bits per heavy atom. The molecule has 0 aliphatic heterocycles. The molecule has 0 aliphatic rings. The fourth-order valence-corrected chi connectivity index (χ4v) is 4.88. The SMILES string of the molecule is CNC(c1cc(Br)cc(Br)c1)c1cc(C)c(Br)s1. The van der Waals surface area contributed by atoms with E-state index in [1.54, 1.807) is 11.3 Å². The summed E-state index contributed by atoms with van der Waals surface area (Å²) >= 11 is 12.4. The Morgan fingerprint density at radius 2 is 1.67 bits per heavy atom. The van der Waals surface area contributed by atoms with Crippen LogP contribution in [0.5, 0.6) is 0 Å². The standard InChI is InChI=1S/C13H12Br3NS/c1-7-3-11(18-13(7)16)12(17-2)8-4-9(14)6-10(15)5-8/h3-6,12,17H,1-2H3. The summed E-state index contributed by atoms with van der Waals surface area (Å²) in [7, 11) is 1.99. The lowest BCUT2D eigenvalue weighted by atomic mass is 10.1. The number of rotatable bonds is 3. The minimum Gasteiger partial charge on any atom is -0.309 e. The molecule has 0 fully saturated rings. The van der Waals surface area contributed by atoms with E-state index in [4.69, 9.17) is 0 Å². The fourth-order valence-electron chi connectivity index (χ4n) is 1.84. The van der Waals surface area contributed by atoms with Crippen LogP contribution in [0.4, 0.5) is 0 Å². The highest BCUT2D eigenvalue weighted by molar-refractivity contribution is 9.11. The maximum absolute atomic E-state index is 3.59. The van der Waals surface area contributed by atoms with Crippen LogP contribution in [0.15, 0.2) is 37.0 Å². The zero-order valence-corrected chi connectivity index (χ0v) is 15.5. The average Bonchev–Trinajstić information content (AvgIpc) is 2.58. The zero-order chi connectivity index (χ0) is 13.3. The summed E-state index contributed by atoms with van der Waals surface area (Å²) in [4.78, 5) is 1.31. The van der Waals surface area contributed by atoms with Crippen LogP contribution in [0.2, 0.25) is 0 Å². The molecule has 0 radical (unpaired) electrons. The van der Waals surface area contributed by atoms with Crippen LogP contribution >= 0.6 is 59.1 Å². The first kappa shape index (κ1) is 14.7. The molecule has 0 amide bonds. The van der Waals surface area contributed by atoms with E-state index in [9.17, 15) is 0 Å². The van der Waals surface area contributed by atoms with Crippen LogP contribution in [0.1, 0.15) is 22.0 Å². The molecule has 18 heavy (non-hydrogen) atoms. The lowest BCUT2D eigenvalue weighted by molar-refractivity contribution is 0.703. The van der Waals surface area contributed by atoms with Gasteiger partial charge in [-0.2, -0.15) is 0 Å². The summed E-state index contributed by atoms with van der Waals surface area (Å²) in [5, 5.41) is 3.38. The van der Waals surface area contributed by atoms with E-state index in [1.165, 1.54) is 19.8 Å². The van der Waals surface area contributed by atoms with Crippen molar-refractivity contribution in [2.75, 3.05) is 7.05 Å². The highest BCUT2D eigenvalue weighted by atomic mass is 79.9. The third-order valence-electron chi connectivity index (χ3n) is 2.67. The molecule has 2 rings (SSSR count). The van der Waals surface area contributed by atoms with Crippen molar-refractivity contribution in [2.45, 2.75) is 13.0 Å². The first-order valence-electron chi connectivity index (χ1n) is 5.40. The second-order valence-electron chi connectivity index (χ2n) is 4.03. The van der Waals surface area contributed by atoms with E-state index in [1.807, 2.05) is 13.1 Å². The second-order valence-corrected chi connectivity index (χ2v) is 8.26. The highest BCUT2D eigenvalue weighted by Gasteiger charge is 2.16. The monoisotopic (exact) mass is 451 g/mol. The van der Waals surface area contributed by atoms with Gasteiger partial charge in [0.2, 0.25) is 0 Å². The Labute approximate surface area is 136 Å². The molecule has 0 saturated heterocycles. The molecule has 0 aliphatic carbocycles. The van der Waals surface area contributed by atoms with E-state index in [2.05, 4.69) is 78.2 Å². The summed E-state index contributed by atoms with van der Waals surface area (Å²) in [6.07, 6.45) is 0. The van der Waals surface area contributed by atoms with Gasteiger partial charge in [0, 0.05) is 13.8 Å². The van der Waals surface area contributed by atoms with Gasteiger partial charge in [-0.05, 0) is 65.3 Å². The van der Waals surface area contributed by atoms with Crippen molar-refractivity contribution < 1.29 is 0 Å². The van der Waals surface area contributed by atoms with Crippen LogP contribution < -0.4 is 5.32 Å². The first-order valence-corrected chi connectivity index (χ1v) is 8.60. The summed E-state index contributed by atoms with van der Waals surface area (Å²) in [6, 6.07) is 8.79. The number of halogens is 3. The molecular formula is C13H12Br3NS. The van der Waals surface area contributed by atoms with Gasteiger partial charge < -0.3 is 5.32 Å². The molecule has 1 aromatic carbocycles. The van der Waals surface area contributed by atoms with Crippen molar-refractivity contribution in [3.63, 3.8) is 0 Å². The number of aryl methyl sites for hydroxylation is 1. The minimum atomic E-state index is 0.216. The number of nitrogens with one attached hydrogen (secondary N) is 1. The van der Waals surface area contributed by atoms with E-state index in [0.717, 1.165) is 8.95 Å². The molecule has 1 aromatic heterocycles. The normalized spacial score (nSPS) is 12.7. The van der Waals surface area contributed by atoms with Gasteiger partial charge >= 0.3 is 0 Å². The third kappa shape index (κ3) is 3.25. The van der Waals surface area contributed by atoms with Gasteiger partial charge in [-0.15, -0.1) is 11.3 Å². The van der Waals surface area contributed by atoms with E-state index in [0.29, 0.717) is 0 Å². The quantitative estimate of drug-likeness (QED) is 0.633. The van der Waals surface area contributed by atoms with Gasteiger partial charge in [0.15, 0.2) is 0 Å². The molecule has 1 atom stereocenters. The Hall–Kier alpha value is 0.320. The molecule has 1 nitrogen and oxygen atoms in total. The molecule has 1 heterocycles. The molecule has 2 aromatic rings. The van der Waals surface area contributed by atoms with Crippen molar-refractivity contribution in [1.82, 2.24) is 5.32 Å². The third-order valence-corrected chi connectivity index (χ3v) is 5.78. The van der Waals surface area contributed by atoms with Crippen LogP contribution in [-0.4, -0.2) is 7.05 Å². The Balaban J connectivity index is 2.44. The van der Waals surface area contributed by atoms with Gasteiger partial charge in [-0.3, -0.25) is 0 Å². The summed E-state index contributed by atoms with van der Waals surface area (Å²) < 4.78 is 3.37.